The minimum atomic E-state index is -3.76. The Kier molecular flexibility index (Phi) is 4.42. The lowest BCUT2D eigenvalue weighted by Gasteiger charge is -2.10. The second kappa shape index (κ2) is 6.82. The zero-order valence-electron chi connectivity index (χ0n) is 15.1. The number of H-pyrrole nitrogens is 1. The summed E-state index contributed by atoms with van der Waals surface area (Å²) in [4.78, 5) is 10.5. The number of para-hydroxylation sites is 1. The van der Waals surface area contributed by atoms with Crippen molar-refractivity contribution in [2.75, 3.05) is 17.3 Å². The molecule has 7 nitrogen and oxygen atoms in total. The smallest absolute Gasteiger partial charge is 0.228 e. The first-order valence-electron chi connectivity index (χ1n) is 8.40. The fraction of sp³-hybridized carbons (Fsp3) is 0.0526. The molecule has 2 heterocycles. The van der Waals surface area contributed by atoms with Crippen LogP contribution in [0.5, 0.6) is 0 Å². The lowest BCUT2D eigenvalue weighted by molar-refractivity contribution is 0.573. The Balaban J connectivity index is 1.78. The molecule has 0 spiro atoms. The van der Waals surface area contributed by atoms with Gasteiger partial charge < -0.3 is 16.0 Å². The second-order valence-electron chi connectivity index (χ2n) is 6.38. The number of sulfone groups is 1. The van der Waals surface area contributed by atoms with Crippen LogP contribution in [0.2, 0.25) is 0 Å². The first-order valence-corrected chi connectivity index (χ1v) is 10.3. The van der Waals surface area contributed by atoms with Crippen molar-refractivity contribution in [3.05, 3.63) is 60.4 Å². The maximum Gasteiger partial charge on any atom is 0.228 e. The Bertz CT molecular complexity index is 1350. The molecule has 4 N–H and O–H groups in total. The molecule has 4 rings (SSSR count). The molecule has 0 unspecified atom stereocenters. The van der Waals surface area contributed by atoms with E-state index in [-0.39, 0.29) is 17.3 Å². The second-order valence-corrected chi connectivity index (χ2v) is 8.36. The van der Waals surface area contributed by atoms with Crippen LogP contribution in [-0.2, 0) is 9.84 Å². The van der Waals surface area contributed by atoms with Gasteiger partial charge in [-0.3, -0.25) is 0 Å². The van der Waals surface area contributed by atoms with Crippen LogP contribution in [0.4, 0.5) is 26.1 Å². The van der Waals surface area contributed by atoms with Crippen molar-refractivity contribution in [1.82, 2.24) is 15.0 Å². The molecule has 0 aliphatic carbocycles. The quantitative estimate of drug-likeness (QED) is 0.439. The number of nitrogens with two attached hydrogens (primary N) is 1. The number of halogens is 2. The summed E-state index contributed by atoms with van der Waals surface area (Å²) in [6.45, 7) is 0. The van der Waals surface area contributed by atoms with Gasteiger partial charge in [0.1, 0.15) is 10.6 Å². The average Bonchev–Trinajstić information content (AvgIpc) is 3.09. The Morgan fingerprint density at radius 3 is 2.66 bits per heavy atom. The van der Waals surface area contributed by atoms with E-state index in [9.17, 15) is 17.2 Å². The zero-order valence-corrected chi connectivity index (χ0v) is 15.9. The summed E-state index contributed by atoms with van der Waals surface area (Å²) in [7, 11) is -3.76. The number of nitrogen functional groups attached to an aromatic ring is 1. The molecule has 4 aromatic rings. The highest BCUT2D eigenvalue weighted by molar-refractivity contribution is 7.90. The van der Waals surface area contributed by atoms with Crippen molar-refractivity contribution in [3.8, 4) is 11.3 Å². The SMILES string of the molecule is CS(=O)(=O)c1cccc(Nc2ncc(F)c(-c3c[nH]c4c(N)cccc34)n2)c1F. The van der Waals surface area contributed by atoms with Crippen molar-refractivity contribution >= 4 is 38.1 Å². The van der Waals surface area contributed by atoms with Gasteiger partial charge in [-0.1, -0.05) is 18.2 Å². The minimum Gasteiger partial charge on any atom is -0.397 e. The molecule has 29 heavy (non-hydrogen) atoms. The molecule has 0 fully saturated rings. The molecule has 0 saturated heterocycles. The number of rotatable bonds is 4. The topological polar surface area (TPSA) is 114 Å². The molecule has 148 valence electrons. The van der Waals surface area contributed by atoms with E-state index in [0.29, 0.717) is 22.2 Å². The highest BCUT2D eigenvalue weighted by Crippen LogP contribution is 2.32. The summed E-state index contributed by atoms with van der Waals surface area (Å²) in [5.41, 5.74) is 7.36. The first-order chi connectivity index (χ1) is 13.8. The molecule has 0 atom stereocenters. The van der Waals surface area contributed by atoms with E-state index < -0.39 is 26.4 Å². The summed E-state index contributed by atoms with van der Waals surface area (Å²) in [5.74, 6) is -1.74. The predicted octanol–water partition coefficient (Wildman–Crippen LogP) is 3.63. The van der Waals surface area contributed by atoms with Crippen molar-refractivity contribution in [3.63, 3.8) is 0 Å². The number of hydrogen-bond donors (Lipinski definition) is 3. The Morgan fingerprint density at radius 2 is 1.90 bits per heavy atom. The van der Waals surface area contributed by atoms with Crippen molar-refractivity contribution in [2.45, 2.75) is 4.90 Å². The van der Waals surface area contributed by atoms with Gasteiger partial charge in [-0.25, -0.2) is 27.2 Å². The van der Waals surface area contributed by atoms with E-state index in [4.69, 9.17) is 5.73 Å². The number of aromatic nitrogens is 3. The van der Waals surface area contributed by atoms with Crippen molar-refractivity contribution in [1.29, 1.82) is 0 Å². The minimum absolute atomic E-state index is 0.0148. The Hall–Kier alpha value is -3.53. The third-order valence-electron chi connectivity index (χ3n) is 4.36. The number of aromatic amines is 1. The number of hydrogen-bond acceptors (Lipinski definition) is 6. The van der Waals surface area contributed by atoms with Crippen LogP contribution in [0.15, 0.2) is 53.7 Å². The maximum absolute atomic E-state index is 14.6. The lowest BCUT2D eigenvalue weighted by Crippen LogP contribution is -2.06. The zero-order chi connectivity index (χ0) is 20.8. The lowest BCUT2D eigenvalue weighted by atomic mass is 10.1. The van der Waals surface area contributed by atoms with Gasteiger partial charge >= 0.3 is 0 Å². The van der Waals surface area contributed by atoms with Gasteiger partial charge in [0.15, 0.2) is 21.5 Å². The molecular formula is C19H15F2N5O2S. The molecule has 2 aromatic heterocycles. The highest BCUT2D eigenvalue weighted by atomic mass is 32.2. The Labute approximate surface area is 164 Å². The molecular weight excluding hydrogens is 400 g/mol. The van der Waals surface area contributed by atoms with Crippen LogP contribution >= 0.6 is 0 Å². The summed E-state index contributed by atoms with van der Waals surface area (Å²) in [6.07, 6.45) is 3.43. The third-order valence-corrected chi connectivity index (χ3v) is 5.47. The molecule has 0 bridgehead atoms. The largest absolute Gasteiger partial charge is 0.397 e. The molecule has 0 aliphatic heterocycles. The third kappa shape index (κ3) is 3.38. The van der Waals surface area contributed by atoms with Gasteiger partial charge in [-0.15, -0.1) is 0 Å². The van der Waals surface area contributed by atoms with Gasteiger partial charge in [0, 0.05) is 23.4 Å². The monoisotopic (exact) mass is 415 g/mol. The van der Waals surface area contributed by atoms with Gasteiger partial charge in [-0.2, -0.15) is 0 Å². The standard InChI is InChI=1S/C19H15F2N5O2S/c1-29(27,28)15-7-3-6-14(16(15)21)25-19-24-9-12(20)17(26-19)11-8-23-18-10(11)4-2-5-13(18)22/h2-9,23H,22H2,1H3,(H,24,25,26). The van der Waals surface area contributed by atoms with Crippen LogP contribution in [-0.4, -0.2) is 29.6 Å². The van der Waals surface area contributed by atoms with Crippen LogP contribution < -0.4 is 11.1 Å². The van der Waals surface area contributed by atoms with Crippen LogP contribution in [0.3, 0.4) is 0 Å². The maximum atomic E-state index is 14.6. The van der Waals surface area contributed by atoms with E-state index in [0.717, 1.165) is 18.5 Å². The highest BCUT2D eigenvalue weighted by Gasteiger charge is 2.19. The van der Waals surface area contributed by atoms with Gasteiger partial charge in [0.05, 0.1) is 23.1 Å². The number of nitrogens with zero attached hydrogens (tertiary/aromatic N) is 2. The number of benzene rings is 2. The fourth-order valence-corrected chi connectivity index (χ4v) is 3.77. The van der Waals surface area contributed by atoms with E-state index in [2.05, 4.69) is 20.3 Å². The normalized spacial score (nSPS) is 11.7. The van der Waals surface area contributed by atoms with E-state index in [1.807, 2.05) is 0 Å². The molecule has 0 saturated carbocycles. The average molecular weight is 415 g/mol. The fourth-order valence-electron chi connectivity index (χ4n) is 3.00. The molecule has 0 radical (unpaired) electrons. The molecule has 10 heteroatoms. The van der Waals surface area contributed by atoms with E-state index in [1.165, 1.54) is 12.1 Å². The molecule has 0 amide bonds. The van der Waals surface area contributed by atoms with Crippen molar-refractivity contribution in [2.24, 2.45) is 0 Å². The predicted molar refractivity (Wildman–Crippen MR) is 106 cm³/mol. The van der Waals surface area contributed by atoms with Crippen LogP contribution in [0.1, 0.15) is 0 Å². The van der Waals surface area contributed by atoms with Gasteiger partial charge in [0.25, 0.3) is 0 Å². The molecule has 2 aromatic carbocycles. The first kappa shape index (κ1) is 18.8. The number of fused-ring (bicyclic) bond motifs is 1. The van der Waals surface area contributed by atoms with E-state index >= 15 is 0 Å². The van der Waals surface area contributed by atoms with Crippen LogP contribution in [0.25, 0.3) is 22.2 Å². The number of nitrogens with one attached hydrogen (secondary N) is 2. The van der Waals surface area contributed by atoms with Crippen LogP contribution in [0, 0.1) is 11.6 Å². The summed E-state index contributed by atoms with van der Waals surface area (Å²) >= 11 is 0. The summed E-state index contributed by atoms with van der Waals surface area (Å²) < 4.78 is 52.4. The molecule has 0 aliphatic rings. The van der Waals surface area contributed by atoms with Crippen molar-refractivity contribution < 1.29 is 17.2 Å². The van der Waals surface area contributed by atoms with Gasteiger partial charge in [0.2, 0.25) is 5.95 Å². The number of anilines is 3. The van der Waals surface area contributed by atoms with Gasteiger partial charge in [-0.05, 0) is 18.2 Å². The Morgan fingerprint density at radius 1 is 1.14 bits per heavy atom. The van der Waals surface area contributed by atoms with E-state index in [1.54, 1.807) is 24.4 Å². The summed E-state index contributed by atoms with van der Waals surface area (Å²) in [5, 5.41) is 3.28. The summed E-state index contributed by atoms with van der Waals surface area (Å²) in [6, 6.07) is 9.09.